The highest BCUT2D eigenvalue weighted by Gasteiger charge is 2.24. The molecule has 0 radical (unpaired) electrons. The van der Waals surface area contributed by atoms with Crippen molar-refractivity contribution < 1.29 is 9.90 Å². The molecule has 0 aromatic heterocycles. The lowest BCUT2D eigenvalue weighted by molar-refractivity contribution is -0.132. The zero-order valence-electron chi connectivity index (χ0n) is 11.6. The van der Waals surface area contributed by atoms with Crippen LogP contribution in [-0.2, 0) is 4.79 Å². The maximum Gasteiger partial charge on any atom is 0.239 e. The summed E-state index contributed by atoms with van der Waals surface area (Å²) in [5.41, 5.74) is 0.987. The Balaban J connectivity index is 1.94. The number of phenols is 1. The van der Waals surface area contributed by atoms with E-state index in [0.29, 0.717) is 0 Å². The third-order valence-electron chi connectivity index (χ3n) is 3.66. The number of likely N-dealkylation sites (tertiary alicyclic amines) is 1. The molecule has 4 heteroatoms. The van der Waals surface area contributed by atoms with Crippen molar-refractivity contribution in [2.75, 3.05) is 13.1 Å². The Hall–Kier alpha value is -1.55. The number of carbonyl (C=O) groups excluding carboxylic acids is 1. The van der Waals surface area contributed by atoms with Crippen LogP contribution in [0.3, 0.4) is 0 Å². The summed E-state index contributed by atoms with van der Waals surface area (Å²) in [4.78, 5) is 14.1. The summed E-state index contributed by atoms with van der Waals surface area (Å²) < 4.78 is 0. The Labute approximate surface area is 114 Å². The van der Waals surface area contributed by atoms with Gasteiger partial charge < -0.3 is 10.0 Å². The molecule has 1 aromatic carbocycles. The fourth-order valence-corrected chi connectivity index (χ4v) is 2.55. The first-order valence-electron chi connectivity index (χ1n) is 6.91. The van der Waals surface area contributed by atoms with Gasteiger partial charge in [-0.25, -0.2) is 0 Å². The number of hydrogen-bond donors (Lipinski definition) is 2. The number of phenolic OH excluding ortho intramolecular Hbond substituents is 1. The fraction of sp³-hybridized carbons (Fsp3) is 0.533. The molecule has 4 nitrogen and oxygen atoms in total. The van der Waals surface area contributed by atoms with E-state index in [4.69, 9.17) is 0 Å². The molecule has 0 bridgehead atoms. The number of hydrogen-bond acceptors (Lipinski definition) is 3. The summed E-state index contributed by atoms with van der Waals surface area (Å²) in [5.74, 6) is 0.425. The maximum atomic E-state index is 12.2. The molecule has 0 saturated carbocycles. The Morgan fingerprint density at radius 3 is 2.63 bits per heavy atom. The fourth-order valence-electron chi connectivity index (χ4n) is 2.55. The highest BCUT2D eigenvalue weighted by atomic mass is 16.3. The van der Waals surface area contributed by atoms with Crippen molar-refractivity contribution in [1.82, 2.24) is 10.2 Å². The molecule has 1 fully saturated rings. The van der Waals surface area contributed by atoms with Gasteiger partial charge in [-0.2, -0.15) is 0 Å². The quantitative estimate of drug-likeness (QED) is 0.873. The van der Waals surface area contributed by atoms with Gasteiger partial charge in [-0.15, -0.1) is 0 Å². The van der Waals surface area contributed by atoms with Crippen molar-refractivity contribution in [2.45, 2.75) is 38.8 Å². The SMILES string of the molecule is CC(NC(C)c1cccc(O)c1)C(=O)N1CCCC1. The van der Waals surface area contributed by atoms with E-state index in [9.17, 15) is 9.90 Å². The van der Waals surface area contributed by atoms with Gasteiger partial charge in [0.05, 0.1) is 6.04 Å². The van der Waals surface area contributed by atoms with Crippen molar-refractivity contribution >= 4 is 5.91 Å². The Bertz CT molecular complexity index is 442. The Morgan fingerprint density at radius 2 is 2.00 bits per heavy atom. The second-order valence-corrected chi connectivity index (χ2v) is 5.24. The van der Waals surface area contributed by atoms with Crippen LogP contribution in [0, 0.1) is 0 Å². The van der Waals surface area contributed by atoms with Crippen LogP contribution in [0.4, 0.5) is 0 Å². The maximum absolute atomic E-state index is 12.2. The van der Waals surface area contributed by atoms with Crippen molar-refractivity contribution in [3.05, 3.63) is 29.8 Å². The molecule has 1 amide bonds. The first-order chi connectivity index (χ1) is 9.08. The third-order valence-corrected chi connectivity index (χ3v) is 3.66. The summed E-state index contributed by atoms with van der Waals surface area (Å²) in [6.07, 6.45) is 2.22. The van der Waals surface area contributed by atoms with Crippen LogP contribution in [0.15, 0.2) is 24.3 Å². The molecule has 1 aliphatic heterocycles. The zero-order chi connectivity index (χ0) is 13.8. The van der Waals surface area contributed by atoms with Crippen molar-refractivity contribution in [1.29, 1.82) is 0 Å². The van der Waals surface area contributed by atoms with E-state index in [1.165, 1.54) is 0 Å². The van der Waals surface area contributed by atoms with E-state index in [1.807, 2.05) is 30.9 Å². The van der Waals surface area contributed by atoms with Crippen molar-refractivity contribution in [3.8, 4) is 5.75 Å². The lowest BCUT2D eigenvalue weighted by atomic mass is 10.1. The molecule has 0 aliphatic carbocycles. The summed E-state index contributed by atoms with van der Waals surface area (Å²) in [5, 5.41) is 12.8. The molecule has 2 N–H and O–H groups in total. The first-order valence-corrected chi connectivity index (χ1v) is 6.91. The summed E-state index contributed by atoms with van der Waals surface area (Å²) in [6.45, 7) is 5.67. The number of carbonyl (C=O) groups is 1. The smallest absolute Gasteiger partial charge is 0.239 e. The summed E-state index contributed by atoms with van der Waals surface area (Å²) in [6, 6.07) is 6.98. The van der Waals surface area contributed by atoms with Crippen LogP contribution < -0.4 is 5.32 Å². The minimum atomic E-state index is -0.199. The average molecular weight is 262 g/mol. The van der Waals surface area contributed by atoms with E-state index in [1.54, 1.807) is 12.1 Å². The molecule has 2 unspecified atom stereocenters. The molecule has 1 aliphatic rings. The molecule has 1 heterocycles. The second-order valence-electron chi connectivity index (χ2n) is 5.24. The number of aromatic hydroxyl groups is 1. The van der Waals surface area contributed by atoms with Gasteiger partial charge in [0.2, 0.25) is 5.91 Å². The topological polar surface area (TPSA) is 52.6 Å². The largest absolute Gasteiger partial charge is 0.508 e. The van der Waals surface area contributed by atoms with Gasteiger partial charge in [-0.3, -0.25) is 10.1 Å². The number of nitrogens with zero attached hydrogens (tertiary/aromatic N) is 1. The van der Waals surface area contributed by atoms with E-state index in [0.717, 1.165) is 31.5 Å². The van der Waals surface area contributed by atoms with Crippen LogP contribution in [0.25, 0.3) is 0 Å². The first kappa shape index (κ1) is 13.9. The van der Waals surface area contributed by atoms with Gasteiger partial charge in [-0.05, 0) is 44.4 Å². The van der Waals surface area contributed by atoms with Crippen molar-refractivity contribution in [3.63, 3.8) is 0 Å². The molecule has 2 atom stereocenters. The summed E-state index contributed by atoms with van der Waals surface area (Å²) >= 11 is 0. The minimum absolute atomic E-state index is 0.0358. The van der Waals surface area contributed by atoms with Gasteiger partial charge in [0.1, 0.15) is 5.75 Å². The molecule has 2 rings (SSSR count). The van der Waals surface area contributed by atoms with E-state index in [-0.39, 0.29) is 23.7 Å². The molecule has 1 saturated heterocycles. The van der Waals surface area contributed by atoms with Crippen LogP contribution >= 0.6 is 0 Å². The monoisotopic (exact) mass is 262 g/mol. The highest BCUT2D eigenvalue weighted by Crippen LogP contribution is 2.19. The van der Waals surface area contributed by atoms with E-state index < -0.39 is 0 Å². The molecular formula is C15H22N2O2. The minimum Gasteiger partial charge on any atom is -0.508 e. The normalized spacial score (nSPS) is 18.3. The molecule has 104 valence electrons. The predicted molar refractivity (Wildman–Crippen MR) is 74.9 cm³/mol. The average Bonchev–Trinajstić information content (AvgIpc) is 2.91. The molecular weight excluding hydrogens is 240 g/mol. The molecule has 19 heavy (non-hydrogen) atoms. The number of rotatable bonds is 4. The lowest BCUT2D eigenvalue weighted by Gasteiger charge is -2.24. The molecule has 1 aromatic rings. The molecule has 0 spiro atoms. The zero-order valence-corrected chi connectivity index (χ0v) is 11.6. The number of benzene rings is 1. The van der Waals surface area contributed by atoms with Gasteiger partial charge in [-0.1, -0.05) is 12.1 Å². The van der Waals surface area contributed by atoms with Gasteiger partial charge in [0, 0.05) is 19.1 Å². The van der Waals surface area contributed by atoms with Crippen LogP contribution in [0.1, 0.15) is 38.3 Å². The number of nitrogens with one attached hydrogen (secondary N) is 1. The van der Waals surface area contributed by atoms with E-state index >= 15 is 0 Å². The third kappa shape index (κ3) is 3.47. The van der Waals surface area contributed by atoms with Crippen LogP contribution in [-0.4, -0.2) is 35.0 Å². The lowest BCUT2D eigenvalue weighted by Crippen LogP contribution is -2.44. The van der Waals surface area contributed by atoms with Crippen molar-refractivity contribution in [2.24, 2.45) is 0 Å². The Morgan fingerprint density at radius 1 is 1.32 bits per heavy atom. The predicted octanol–water partition coefficient (Wildman–Crippen LogP) is 2.05. The van der Waals surface area contributed by atoms with Crippen LogP contribution in [0.2, 0.25) is 0 Å². The van der Waals surface area contributed by atoms with Gasteiger partial charge in [0.15, 0.2) is 0 Å². The van der Waals surface area contributed by atoms with Gasteiger partial charge >= 0.3 is 0 Å². The van der Waals surface area contributed by atoms with Crippen LogP contribution in [0.5, 0.6) is 5.75 Å². The Kier molecular flexibility index (Phi) is 4.43. The van der Waals surface area contributed by atoms with Gasteiger partial charge in [0.25, 0.3) is 0 Å². The number of amides is 1. The summed E-state index contributed by atoms with van der Waals surface area (Å²) in [7, 11) is 0. The highest BCUT2D eigenvalue weighted by molar-refractivity contribution is 5.81. The standard InChI is InChI=1S/C15H22N2O2/c1-11(13-6-5-7-14(18)10-13)16-12(2)15(19)17-8-3-4-9-17/h5-7,10-12,16,18H,3-4,8-9H2,1-2H3. The second kappa shape index (κ2) is 6.06. The van der Waals surface area contributed by atoms with E-state index in [2.05, 4.69) is 5.32 Å².